The first kappa shape index (κ1) is 13.7. The highest BCUT2D eigenvalue weighted by Crippen LogP contribution is 2.14. The van der Waals surface area contributed by atoms with Crippen molar-refractivity contribution >= 4 is 12.4 Å². The summed E-state index contributed by atoms with van der Waals surface area (Å²) in [5, 5.41) is 4.46. The molecule has 1 atom stereocenters. The maximum Gasteiger partial charge on any atom is 0.0659 e. The molecule has 2 N–H and O–H groups in total. The van der Waals surface area contributed by atoms with Crippen molar-refractivity contribution in [2.75, 3.05) is 0 Å². The second kappa shape index (κ2) is 5.84. The number of hydrogen-bond donors (Lipinski definition) is 1. The van der Waals surface area contributed by atoms with Crippen LogP contribution in [0.15, 0.2) is 36.5 Å². The lowest BCUT2D eigenvalue weighted by Gasteiger charge is -2.01. The largest absolute Gasteiger partial charge is 0.324 e. The molecular weight excluding hydrogens is 234 g/mol. The molecule has 0 saturated carbocycles. The number of aryl methyl sites for hydroxylation is 1. The van der Waals surface area contributed by atoms with Crippen LogP contribution in [0.2, 0.25) is 0 Å². The highest BCUT2D eigenvalue weighted by molar-refractivity contribution is 5.85. The Hall–Kier alpha value is -1.32. The fourth-order valence-electron chi connectivity index (χ4n) is 1.83. The van der Waals surface area contributed by atoms with Crippen molar-refractivity contribution in [3.8, 4) is 0 Å². The van der Waals surface area contributed by atoms with Crippen LogP contribution in [-0.2, 0) is 6.54 Å². The van der Waals surface area contributed by atoms with Gasteiger partial charge in [-0.15, -0.1) is 12.4 Å². The molecule has 0 saturated heterocycles. The molecule has 0 radical (unpaired) electrons. The third-order valence-corrected chi connectivity index (χ3v) is 2.66. The van der Waals surface area contributed by atoms with E-state index in [2.05, 4.69) is 17.2 Å². The molecule has 0 bridgehead atoms. The zero-order valence-electron chi connectivity index (χ0n) is 10.1. The van der Waals surface area contributed by atoms with Crippen LogP contribution in [0, 0.1) is 6.92 Å². The second-order valence-electron chi connectivity index (χ2n) is 4.14. The molecule has 0 amide bonds. The van der Waals surface area contributed by atoms with Crippen molar-refractivity contribution in [3.05, 3.63) is 53.3 Å². The van der Waals surface area contributed by atoms with Crippen molar-refractivity contribution in [2.24, 2.45) is 5.73 Å². The van der Waals surface area contributed by atoms with Gasteiger partial charge in [0.2, 0.25) is 0 Å². The lowest BCUT2D eigenvalue weighted by molar-refractivity contribution is 0.678. The molecule has 1 aromatic heterocycles. The van der Waals surface area contributed by atoms with Crippen molar-refractivity contribution < 1.29 is 0 Å². The van der Waals surface area contributed by atoms with E-state index in [0.29, 0.717) is 0 Å². The Morgan fingerprint density at radius 3 is 2.47 bits per heavy atom. The fraction of sp³-hybridized carbons (Fsp3) is 0.308. The maximum atomic E-state index is 5.87. The zero-order valence-corrected chi connectivity index (χ0v) is 10.9. The summed E-state index contributed by atoms with van der Waals surface area (Å²) in [6.07, 6.45) is 2.03. The summed E-state index contributed by atoms with van der Waals surface area (Å²) >= 11 is 0. The number of rotatable bonds is 3. The molecule has 0 aliphatic rings. The molecule has 3 nitrogen and oxygen atoms in total. The van der Waals surface area contributed by atoms with Gasteiger partial charge in [0.25, 0.3) is 0 Å². The molecule has 4 heteroatoms. The van der Waals surface area contributed by atoms with Crippen LogP contribution < -0.4 is 5.73 Å². The van der Waals surface area contributed by atoms with E-state index in [1.54, 1.807) is 0 Å². The van der Waals surface area contributed by atoms with E-state index < -0.39 is 0 Å². The van der Waals surface area contributed by atoms with Crippen molar-refractivity contribution in [1.82, 2.24) is 9.78 Å². The van der Waals surface area contributed by atoms with Gasteiger partial charge in [0, 0.05) is 17.8 Å². The summed E-state index contributed by atoms with van der Waals surface area (Å²) in [5.41, 5.74) is 9.26. The Kier molecular flexibility index (Phi) is 4.73. The summed E-state index contributed by atoms with van der Waals surface area (Å²) in [6.45, 7) is 4.78. The molecule has 0 fully saturated rings. The third-order valence-electron chi connectivity index (χ3n) is 2.66. The quantitative estimate of drug-likeness (QED) is 0.912. The van der Waals surface area contributed by atoms with E-state index in [1.807, 2.05) is 42.9 Å². The van der Waals surface area contributed by atoms with E-state index >= 15 is 0 Å². The molecule has 0 aliphatic carbocycles. The first-order chi connectivity index (χ1) is 7.66. The van der Waals surface area contributed by atoms with Gasteiger partial charge < -0.3 is 5.73 Å². The number of nitrogens with zero attached hydrogens (tertiary/aromatic N) is 2. The van der Waals surface area contributed by atoms with Gasteiger partial charge in [0.1, 0.15) is 0 Å². The van der Waals surface area contributed by atoms with Gasteiger partial charge in [-0.05, 0) is 19.4 Å². The molecule has 2 aromatic rings. The summed E-state index contributed by atoms with van der Waals surface area (Å²) in [7, 11) is 0. The molecule has 2 rings (SSSR count). The minimum Gasteiger partial charge on any atom is -0.324 e. The Morgan fingerprint density at radius 2 is 1.94 bits per heavy atom. The predicted molar refractivity (Wildman–Crippen MR) is 72.4 cm³/mol. The second-order valence-corrected chi connectivity index (χ2v) is 4.14. The SMILES string of the molecule is Cc1nn(Cc2ccccc2)cc1[C@H](C)N.Cl. The minimum atomic E-state index is 0. The van der Waals surface area contributed by atoms with Crippen molar-refractivity contribution in [1.29, 1.82) is 0 Å². The molecule has 92 valence electrons. The summed E-state index contributed by atoms with van der Waals surface area (Å²) in [6, 6.07) is 10.3. The highest BCUT2D eigenvalue weighted by atomic mass is 35.5. The van der Waals surface area contributed by atoms with Gasteiger partial charge in [-0.3, -0.25) is 4.68 Å². The van der Waals surface area contributed by atoms with Gasteiger partial charge in [-0.25, -0.2) is 0 Å². The fourth-order valence-corrected chi connectivity index (χ4v) is 1.83. The molecular formula is C13H18ClN3. The van der Waals surface area contributed by atoms with Gasteiger partial charge in [0.05, 0.1) is 12.2 Å². The van der Waals surface area contributed by atoms with Crippen LogP contribution in [0.4, 0.5) is 0 Å². The molecule has 1 heterocycles. The van der Waals surface area contributed by atoms with Crippen LogP contribution in [0.3, 0.4) is 0 Å². The lowest BCUT2D eigenvalue weighted by atomic mass is 10.1. The summed E-state index contributed by atoms with van der Waals surface area (Å²) < 4.78 is 1.95. The van der Waals surface area contributed by atoms with E-state index in [0.717, 1.165) is 17.8 Å². The molecule has 1 aromatic carbocycles. The molecule has 0 aliphatic heterocycles. The molecule has 17 heavy (non-hydrogen) atoms. The van der Waals surface area contributed by atoms with E-state index in [4.69, 9.17) is 5.73 Å². The zero-order chi connectivity index (χ0) is 11.5. The average molecular weight is 252 g/mol. The van der Waals surface area contributed by atoms with Gasteiger partial charge in [-0.1, -0.05) is 30.3 Å². The van der Waals surface area contributed by atoms with Crippen LogP contribution in [0.25, 0.3) is 0 Å². The van der Waals surface area contributed by atoms with E-state index in [1.165, 1.54) is 5.56 Å². The van der Waals surface area contributed by atoms with Crippen LogP contribution >= 0.6 is 12.4 Å². The first-order valence-electron chi connectivity index (χ1n) is 5.50. The lowest BCUT2D eigenvalue weighted by Crippen LogP contribution is -2.05. The Labute approximate surface area is 108 Å². The average Bonchev–Trinajstić information content (AvgIpc) is 2.61. The van der Waals surface area contributed by atoms with Gasteiger partial charge >= 0.3 is 0 Å². The van der Waals surface area contributed by atoms with Crippen molar-refractivity contribution in [2.45, 2.75) is 26.4 Å². The standard InChI is InChI=1S/C13H17N3.ClH/c1-10(14)13-9-16(15-11(13)2)8-12-6-4-3-5-7-12;/h3-7,9-10H,8,14H2,1-2H3;1H/t10-;/m0./s1. The van der Waals surface area contributed by atoms with Crippen LogP contribution in [-0.4, -0.2) is 9.78 Å². The number of nitrogens with two attached hydrogens (primary N) is 1. The number of halogens is 1. The van der Waals surface area contributed by atoms with Crippen LogP contribution in [0.5, 0.6) is 0 Å². The smallest absolute Gasteiger partial charge is 0.0659 e. The number of hydrogen-bond acceptors (Lipinski definition) is 2. The molecule has 0 unspecified atom stereocenters. The Bertz CT molecular complexity index is 463. The topological polar surface area (TPSA) is 43.8 Å². The monoisotopic (exact) mass is 251 g/mol. The Morgan fingerprint density at radius 1 is 1.29 bits per heavy atom. The highest BCUT2D eigenvalue weighted by Gasteiger charge is 2.08. The Balaban J connectivity index is 0.00000144. The third kappa shape index (κ3) is 3.32. The number of benzene rings is 1. The maximum absolute atomic E-state index is 5.87. The van der Waals surface area contributed by atoms with Crippen molar-refractivity contribution in [3.63, 3.8) is 0 Å². The normalized spacial score (nSPS) is 11.9. The van der Waals surface area contributed by atoms with Gasteiger partial charge in [-0.2, -0.15) is 5.10 Å². The van der Waals surface area contributed by atoms with Crippen LogP contribution in [0.1, 0.15) is 29.8 Å². The van der Waals surface area contributed by atoms with E-state index in [-0.39, 0.29) is 18.4 Å². The predicted octanol–water partition coefficient (Wildman–Crippen LogP) is 2.68. The molecule has 0 spiro atoms. The summed E-state index contributed by atoms with van der Waals surface area (Å²) in [5.74, 6) is 0. The summed E-state index contributed by atoms with van der Waals surface area (Å²) in [4.78, 5) is 0. The number of aromatic nitrogens is 2. The first-order valence-corrected chi connectivity index (χ1v) is 5.50. The van der Waals surface area contributed by atoms with Gasteiger partial charge in [0.15, 0.2) is 0 Å². The minimum absolute atomic E-state index is 0. The van der Waals surface area contributed by atoms with E-state index in [9.17, 15) is 0 Å².